The van der Waals surface area contributed by atoms with Gasteiger partial charge in [-0.3, -0.25) is 4.79 Å². The van der Waals surface area contributed by atoms with Crippen molar-refractivity contribution in [3.63, 3.8) is 0 Å². The maximum absolute atomic E-state index is 11.8. The van der Waals surface area contributed by atoms with Crippen LogP contribution in [0.5, 0.6) is 5.75 Å². The summed E-state index contributed by atoms with van der Waals surface area (Å²) in [5.74, 6) is 1.00. The molecule has 1 rings (SSSR count). The molecule has 4 nitrogen and oxygen atoms in total. The molecule has 0 aliphatic carbocycles. The molecule has 1 amide bonds. The second-order valence-electron chi connectivity index (χ2n) is 4.45. The number of halogens is 1. The lowest BCUT2D eigenvalue weighted by atomic mass is 10.1. The number of nitrogens with two attached hydrogens (primary N) is 1. The highest BCUT2D eigenvalue weighted by atomic mass is 35.5. The molecule has 1 aromatic carbocycles. The molecule has 5 heteroatoms. The van der Waals surface area contributed by atoms with E-state index in [1.165, 1.54) is 0 Å². The van der Waals surface area contributed by atoms with Crippen molar-refractivity contribution in [2.75, 3.05) is 20.7 Å². The third-order valence-corrected chi connectivity index (χ3v) is 2.90. The summed E-state index contributed by atoms with van der Waals surface area (Å²) in [7, 11) is 3.48. The van der Waals surface area contributed by atoms with Crippen molar-refractivity contribution in [3.05, 3.63) is 29.3 Å². The van der Waals surface area contributed by atoms with Crippen LogP contribution in [0.15, 0.2) is 18.2 Å². The first-order valence-corrected chi connectivity index (χ1v) is 6.16. The number of amides is 1. The van der Waals surface area contributed by atoms with Crippen LogP contribution in [-0.4, -0.2) is 31.5 Å². The van der Waals surface area contributed by atoms with Gasteiger partial charge in [-0.15, -0.1) is 12.4 Å². The Kier molecular flexibility index (Phi) is 8.19. The molecule has 0 unspecified atom stereocenters. The van der Waals surface area contributed by atoms with Crippen LogP contribution in [0.1, 0.15) is 24.0 Å². The monoisotopic (exact) mass is 286 g/mol. The highest BCUT2D eigenvalue weighted by molar-refractivity contribution is 5.85. The fourth-order valence-electron chi connectivity index (χ4n) is 1.85. The zero-order chi connectivity index (χ0) is 13.5. The van der Waals surface area contributed by atoms with E-state index < -0.39 is 0 Å². The van der Waals surface area contributed by atoms with Gasteiger partial charge >= 0.3 is 0 Å². The van der Waals surface area contributed by atoms with Crippen LogP contribution >= 0.6 is 12.4 Å². The molecule has 0 aliphatic heterocycles. The first-order valence-electron chi connectivity index (χ1n) is 6.16. The minimum Gasteiger partial charge on any atom is -0.496 e. The summed E-state index contributed by atoms with van der Waals surface area (Å²) in [6.45, 7) is 3.17. The predicted molar refractivity (Wildman–Crippen MR) is 79.7 cm³/mol. The molecule has 0 atom stereocenters. The number of benzene rings is 1. The van der Waals surface area contributed by atoms with E-state index in [4.69, 9.17) is 10.5 Å². The molecule has 0 saturated heterocycles. The first-order chi connectivity index (χ1) is 8.58. The summed E-state index contributed by atoms with van der Waals surface area (Å²) in [5, 5.41) is 0. The van der Waals surface area contributed by atoms with Crippen LogP contribution in [-0.2, 0) is 11.3 Å². The van der Waals surface area contributed by atoms with E-state index in [9.17, 15) is 4.79 Å². The first kappa shape index (κ1) is 17.7. The van der Waals surface area contributed by atoms with Crippen LogP contribution in [0.2, 0.25) is 0 Å². The van der Waals surface area contributed by atoms with Gasteiger partial charge in [0.25, 0.3) is 0 Å². The number of ether oxygens (including phenoxy) is 1. The van der Waals surface area contributed by atoms with Gasteiger partial charge in [0.05, 0.1) is 7.11 Å². The molecule has 0 spiro atoms. The molecule has 19 heavy (non-hydrogen) atoms. The maximum atomic E-state index is 11.8. The van der Waals surface area contributed by atoms with Gasteiger partial charge in [0.15, 0.2) is 0 Å². The van der Waals surface area contributed by atoms with E-state index in [1.807, 2.05) is 32.2 Å². The summed E-state index contributed by atoms with van der Waals surface area (Å²) < 4.78 is 5.21. The number of carbonyl (C=O) groups excluding carboxylic acids is 1. The maximum Gasteiger partial charge on any atom is 0.222 e. The third kappa shape index (κ3) is 5.49. The van der Waals surface area contributed by atoms with Crippen molar-refractivity contribution in [2.45, 2.75) is 26.3 Å². The van der Waals surface area contributed by atoms with Crippen molar-refractivity contribution >= 4 is 18.3 Å². The minimum atomic E-state index is 0. The lowest BCUT2D eigenvalue weighted by molar-refractivity contribution is -0.130. The van der Waals surface area contributed by atoms with Crippen LogP contribution in [0, 0.1) is 6.92 Å². The van der Waals surface area contributed by atoms with Crippen LogP contribution < -0.4 is 10.5 Å². The zero-order valence-electron chi connectivity index (χ0n) is 11.8. The molecular weight excluding hydrogens is 264 g/mol. The van der Waals surface area contributed by atoms with Crippen molar-refractivity contribution in [3.8, 4) is 5.75 Å². The molecule has 2 N–H and O–H groups in total. The number of methoxy groups -OCH3 is 1. The summed E-state index contributed by atoms with van der Waals surface area (Å²) in [6.07, 6.45) is 1.26. The number of rotatable bonds is 6. The quantitative estimate of drug-likeness (QED) is 0.871. The minimum absolute atomic E-state index is 0. The van der Waals surface area contributed by atoms with Crippen molar-refractivity contribution in [2.24, 2.45) is 5.73 Å². The molecule has 0 aromatic heterocycles. The third-order valence-electron chi connectivity index (χ3n) is 2.90. The molecule has 0 saturated carbocycles. The smallest absolute Gasteiger partial charge is 0.222 e. The lowest BCUT2D eigenvalue weighted by Gasteiger charge is -2.18. The van der Waals surface area contributed by atoms with E-state index in [-0.39, 0.29) is 18.3 Å². The second-order valence-corrected chi connectivity index (χ2v) is 4.45. The number of nitrogens with zero attached hydrogens (tertiary/aromatic N) is 1. The predicted octanol–water partition coefficient (Wildman–Crippen LogP) is 2.12. The largest absolute Gasteiger partial charge is 0.496 e. The number of hydrogen-bond donors (Lipinski definition) is 1. The molecule has 108 valence electrons. The number of carbonyl (C=O) groups is 1. The van der Waals surface area contributed by atoms with Gasteiger partial charge in [-0.25, -0.2) is 0 Å². The van der Waals surface area contributed by atoms with Crippen LogP contribution in [0.4, 0.5) is 0 Å². The SMILES string of the molecule is COc1ccc(CN(C)C(=O)CCCN)cc1C.Cl. The van der Waals surface area contributed by atoms with Gasteiger partial charge in [0.2, 0.25) is 5.91 Å². The zero-order valence-corrected chi connectivity index (χ0v) is 12.6. The fraction of sp³-hybridized carbons (Fsp3) is 0.500. The Morgan fingerprint density at radius 1 is 1.42 bits per heavy atom. The molecule has 0 bridgehead atoms. The van der Waals surface area contributed by atoms with Gasteiger partial charge in [-0.05, 0) is 37.1 Å². The molecule has 0 fully saturated rings. The summed E-state index contributed by atoms with van der Waals surface area (Å²) >= 11 is 0. The van der Waals surface area contributed by atoms with Crippen LogP contribution in [0.25, 0.3) is 0 Å². The topological polar surface area (TPSA) is 55.6 Å². The standard InChI is InChI=1S/C14H22N2O2.ClH/c1-11-9-12(6-7-13(11)18-3)10-16(2)14(17)5-4-8-15;/h6-7,9H,4-5,8,10,15H2,1-3H3;1H. The summed E-state index contributed by atoms with van der Waals surface area (Å²) in [4.78, 5) is 13.5. The van der Waals surface area contributed by atoms with Crippen LogP contribution in [0.3, 0.4) is 0 Å². The lowest BCUT2D eigenvalue weighted by Crippen LogP contribution is -2.26. The Labute approximate surface area is 121 Å². The summed E-state index contributed by atoms with van der Waals surface area (Å²) in [6, 6.07) is 5.97. The Hall–Kier alpha value is -1.26. The fourth-order valence-corrected chi connectivity index (χ4v) is 1.85. The second kappa shape index (κ2) is 8.77. The van der Waals surface area contributed by atoms with E-state index >= 15 is 0 Å². The number of aryl methyl sites for hydroxylation is 1. The number of hydrogen-bond acceptors (Lipinski definition) is 3. The highest BCUT2D eigenvalue weighted by Crippen LogP contribution is 2.19. The van der Waals surface area contributed by atoms with Gasteiger partial charge in [0.1, 0.15) is 5.75 Å². The molecule has 0 heterocycles. The van der Waals surface area contributed by atoms with Crippen molar-refractivity contribution < 1.29 is 9.53 Å². The Balaban J connectivity index is 0.00000324. The Morgan fingerprint density at radius 2 is 2.11 bits per heavy atom. The van der Waals surface area contributed by atoms with E-state index in [1.54, 1.807) is 12.0 Å². The van der Waals surface area contributed by atoms with E-state index in [0.717, 1.165) is 23.3 Å². The molecule has 0 radical (unpaired) electrons. The van der Waals surface area contributed by atoms with Crippen molar-refractivity contribution in [1.29, 1.82) is 0 Å². The Bertz CT molecular complexity index is 410. The van der Waals surface area contributed by atoms with Gasteiger partial charge in [-0.2, -0.15) is 0 Å². The van der Waals surface area contributed by atoms with Gasteiger partial charge in [-0.1, -0.05) is 12.1 Å². The normalized spacial score (nSPS) is 9.68. The molecule has 0 aliphatic rings. The summed E-state index contributed by atoms with van der Waals surface area (Å²) in [5.41, 5.74) is 7.59. The van der Waals surface area contributed by atoms with Gasteiger partial charge < -0.3 is 15.4 Å². The average molecular weight is 287 g/mol. The average Bonchev–Trinajstić information content (AvgIpc) is 2.36. The van der Waals surface area contributed by atoms with Crippen molar-refractivity contribution in [1.82, 2.24) is 4.90 Å². The van der Waals surface area contributed by atoms with E-state index in [0.29, 0.717) is 19.5 Å². The molecule has 1 aromatic rings. The molecular formula is C14H23ClN2O2. The highest BCUT2D eigenvalue weighted by Gasteiger charge is 2.09. The van der Waals surface area contributed by atoms with Gasteiger partial charge in [0, 0.05) is 20.0 Å². The van der Waals surface area contributed by atoms with E-state index in [2.05, 4.69) is 0 Å². The Morgan fingerprint density at radius 3 is 2.63 bits per heavy atom.